The van der Waals surface area contributed by atoms with Crippen molar-refractivity contribution in [3.63, 3.8) is 0 Å². The number of aromatic nitrogens is 3. The zero-order valence-corrected chi connectivity index (χ0v) is 11.1. The number of nitrogens with zero attached hydrogens (tertiary/aromatic N) is 2. The SMILES string of the molecule is O=C(Nc1n[nH]c(C(F)(F)F)n1)c1cc2ccccc2oc1=O. The molecule has 2 heterocycles. The second-order valence-corrected chi connectivity index (χ2v) is 4.44. The van der Waals surface area contributed by atoms with Crippen LogP contribution in [0.4, 0.5) is 19.1 Å². The predicted molar refractivity (Wildman–Crippen MR) is 71.8 cm³/mol. The van der Waals surface area contributed by atoms with Crippen LogP contribution in [0.25, 0.3) is 11.0 Å². The Labute approximate surface area is 125 Å². The monoisotopic (exact) mass is 324 g/mol. The van der Waals surface area contributed by atoms with Gasteiger partial charge in [0.1, 0.15) is 11.1 Å². The van der Waals surface area contributed by atoms with Gasteiger partial charge in [0, 0.05) is 5.39 Å². The molecule has 0 aliphatic carbocycles. The number of H-pyrrole nitrogens is 1. The van der Waals surface area contributed by atoms with Crippen molar-refractivity contribution in [1.29, 1.82) is 0 Å². The quantitative estimate of drug-likeness (QED) is 0.704. The number of fused-ring (bicyclic) bond motifs is 1. The summed E-state index contributed by atoms with van der Waals surface area (Å²) in [5.74, 6) is -2.94. The summed E-state index contributed by atoms with van der Waals surface area (Å²) in [6.07, 6.45) is -4.72. The number of benzene rings is 1. The number of carbonyl (C=O) groups is 1. The minimum Gasteiger partial charge on any atom is -0.422 e. The van der Waals surface area contributed by atoms with Crippen LogP contribution in [0.5, 0.6) is 0 Å². The number of aromatic amines is 1. The average Bonchev–Trinajstić information content (AvgIpc) is 2.95. The largest absolute Gasteiger partial charge is 0.451 e. The first-order chi connectivity index (χ1) is 10.8. The molecule has 1 amide bonds. The van der Waals surface area contributed by atoms with Gasteiger partial charge >= 0.3 is 11.8 Å². The number of halogens is 3. The maximum absolute atomic E-state index is 12.4. The van der Waals surface area contributed by atoms with E-state index < -0.39 is 29.5 Å². The Hall–Kier alpha value is -3.17. The van der Waals surface area contributed by atoms with Crippen LogP contribution >= 0.6 is 0 Å². The summed E-state index contributed by atoms with van der Waals surface area (Å²) in [7, 11) is 0. The fourth-order valence-electron chi connectivity index (χ4n) is 1.83. The van der Waals surface area contributed by atoms with Crippen molar-refractivity contribution in [1.82, 2.24) is 15.2 Å². The van der Waals surface area contributed by atoms with Gasteiger partial charge in [-0.05, 0) is 12.1 Å². The van der Waals surface area contributed by atoms with Crippen LogP contribution in [0.15, 0.2) is 39.5 Å². The lowest BCUT2D eigenvalue weighted by Crippen LogP contribution is -2.21. The molecule has 10 heteroatoms. The zero-order chi connectivity index (χ0) is 16.6. The van der Waals surface area contributed by atoms with Crippen molar-refractivity contribution in [3.8, 4) is 0 Å². The Morgan fingerprint density at radius 2 is 2.00 bits per heavy atom. The number of carbonyl (C=O) groups excluding carboxylic acids is 1. The van der Waals surface area contributed by atoms with E-state index in [9.17, 15) is 22.8 Å². The topological polar surface area (TPSA) is 101 Å². The van der Waals surface area contributed by atoms with Crippen LogP contribution in [0.3, 0.4) is 0 Å². The third kappa shape index (κ3) is 2.91. The lowest BCUT2D eigenvalue weighted by atomic mass is 10.2. The lowest BCUT2D eigenvalue weighted by molar-refractivity contribution is -0.144. The van der Waals surface area contributed by atoms with E-state index in [-0.39, 0.29) is 11.1 Å². The first-order valence-electron chi connectivity index (χ1n) is 6.18. The van der Waals surface area contributed by atoms with Gasteiger partial charge in [-0.15, -0.1) is 5.10 Å². The molecule has 0 aliphatic heterocycles. The van der Waals surface area contributed by atoms with Crippen molar-refractivity contribution in [3.05, 3.63) is 52.1 Å². The van der Waals surface area contributed by atoms with Gasteiger partial charge in [-0.1, -0.05) is 18.2 Å². The summed E-state index contributed by atoms with van der Waals surface area (Å²) >= 11 is 0. The van der Waals surface area contributed by atoms with Gasteiger partial charge in [0.05, 0.1) is 0 Å². The van der Waals surface area contributed by atoms with E-state index >= 15 is 0 Å². The maximum Gasteiger partial charge on any atom is 0.451 e. The molecule has 1 aromatic carbocycles. The molecule has 0 saturated heterocycles. The standard InChI is InChI=1S/C13H7F3N4O3/c14-13(15,16)11-18-12(20-19-11)17-9(21)7-5-6-3-1-2-4-8(6)23-10(7)22/h1-5H,(H2,17,18,19,20,21). The molecule has 2 aromatic heterocycles. The van der Waals surface area contributed by atoms with E-state index in [0.29, 0.717) is 5.39 Å². The Kier molecular flexibility index (Phi) is 3.36. The van der Waals surface area contributed by atoms with Gasteiger partial charge in [0.25, 0.3) is 5.91 Å². The summed E-state index contributed by atoms with van der Waals surface area (Å²) in [5.41, 5.74) is -1.01. The molecule has 23 heavy (non-hydrogen) atoms. The van der Waals surface area contributed by atoms with Crippen molar-refractivity contribution in [2.24, 2.45) is 0 Å². The molecule has 0 bridgehead atoms. The summed E-state index contributed by atoms with van der Waals surface area (Å²) < 4.78 is 42.1. The first-order valence-corrected chi connectivity index (χ1v) is 6.18. The summed E-state index contributed by atoms with van der Waals surface area (Å²) in [4.78, 5) is 26.8. The number of anilines is 1. The van der Waals surface area contributed by atoms with Crippen LogP contribution in [-0.2, 0) is 6.18 Å². The number of alkyl halides is 3. The Balaban J connectivity index is 1.90. The molecule has 2 N–H and O–H groups in total. The highest BCUT2D eigenvalue weighted by Crippen LogP contribution is 2.26. The summed E-state index contributed by atoms with van der Waals surface area (Å²) in [6.45, 7) is 0. The first kappa shape index (κ1) is 14.8. The van der Waals surface area contributed by atoms with E-state index in [0.717, 1.165) is 0 Å². The minimum absolute atomic E-state index is 0.284. The third-order valence-electron chi connectivity index (χ3n) is 2.87. The van der Waals surface area contributed by atoms with E-state index in [4.69, 9.17) is 4.42 Å². The number of amides is 1. The second-order valence-electron chi connectivity index (χ2n) is 4.44. The smallest absolute Gasteiger partial charge is 0.422 e. The molecule has 0 fully saturated rings. The Bertz CT molecular complexity index is 945. The van der Waals surface area contributed by atoms with E-state index in [1.54, 1.807) is 29.4 Å². The van der Waals surface area contributed by atoms with Crippen molar-refractivity contribution >= 4 is 22.8 Å². The van der Waals surface area contributed by atoms with Crippen LogP contribution < -0.4 is 10.9 Å². The molecule has 0 spiro atoms. The summed E-state index contributed by atoms with van der Waals surface area (Å²) in [5, 5.41) is 7.36. The van der Waals surface area contributed by atoms with Gasteiger partial charge in [0.15, 0.2) is 0 Å². The maximum atomic E-state index is 12.4. The lowest BCUT2D eigenvalue weighted by Gasteiger charge is -2.02. The summed E-state index contributed by atoms with van der Waals surface area (Å²) in [6, 6.07) is 7.76. The number of rotatable bonds is 2. The molecular formula is C13H7F3N4O3. The number of hydrogen-bond acceptors (Lipinski definition) is 5. The van der Waals surface area contributed by atoms with E-state index in [2.05, 4.69) is 10.1 Å². The molecule has 7 nitrogen and oxygen atoms in total. The fraction of sp³-hybridized carbons (Fsp3) is 0.0769. The van der Waals surface area contributed by atoms with Gasteiger partial charge in [-0.3, -0.25) is 15.2 Å². The Morgan fingerprint density at radius 3 is 2.70 bits per heavy atom. The highest BCUT2D eigenvalue weighted by Gasteiger charge is 2.35. The highest BCUT2D eigenvalue weighted by atomic mass is 19.4. The van der Waals surface area contributed by atoms with E-state index in [1.165, 1.54) is 6.07 Å². The molecule has 0 radical (unpaired) electrons. The number of para-hydroxylation sites is 1. The molecule has 0 unspecified atom stereocenters. The Morgan fingerprint density at radius 1 is 1.26 bits per heavy atom. The molecule has 3 aromatic rings. The van der Waals surface area contributed by atoms with Crippen LogP contribution in [-0.4, -0.2) is 21.1 Å². The van der Waals surface area contributed by atoms with Crippen molar-refractivity contribution in [2.45, 2.75) is 6.18 Å². The molecular weight excluding hydrogens is 317 g/mol. The van der Waals surface area contributed by atoms with Crippen LogP contribution in [0.1, 0.15) is 16.2 Å². The number of nitrogens with one attached hydrogen (secondary N) is 2. The van der Waals surface area contributed by atoms with Gasteiger partial charge in [-0.2, -0.15) is 18.2 Å². The molecule has 3 rings (SSSR count). The molecule has 0 atom stereocenters. The van der Waals surface area contributed by atoms with Crippen molar-refractivity contribution < 1.29 is 22.4 Å². The average molecular weight is 324 g/mol. The van der Waals surface area contributed by atoms with Gasteiger partial charge < -0.3 is 4.42 Å². The van der Waals surface area contributed by atoms with E-state index in [1.807, 2.05) is 5.32 Å². The fourth-order valence-corrected chi connectivity index (χ4v) is 1.83. The highest BCUT2D eigenvalue weighted by molar-refractivity contribution is 6.04. The zero-order valence-electron chi connectivity index (χ0n) is 11.1. The molecule has 0 saturated carbocycles. The second kappa shape index (κ2) is 5.23. The molecule has 118 valence electrons. The van der Waals surface area contributed by atoms with Crippen molar-refractivity contribution in [2.75, 3.05) is 5.32 Å². The van der Waals surface area contributed by atoms with Crippen LogP contribution in [0, 0.1) is 0 Å². The predicted octanol–water partition coefficient (Wildman–Crippen LogP) is 2.18. The van der Waals surface area contributed by atoms with Gasteiger partial charge in [0.2, 0.25) is 11.8 Å². The normalized spacial score (nSPS) is 11.6. The molecule has 0 aliphatic rings. The van der Waals surface area contributed by atoms with Gasteiger partial charge in [-0.25, -0.2) is 4.79 Å². The minimum atomic E-state index is -4.72. The third-order valence-corrected chi connectivity index (χ3v) is 2.87. The van der Waals surface area contributed by atoms with Crippen LogP contribution in [0.2, 0.25) is 0 Å². The number of hydrogen-bond donors (Lipinski definition) is 2.